The van der Waals surface area contributed by atoms with Crippen LogP contribution in [0.4, 0.5) is 0 Å². The SMILES string of the molecule is O.O.O=P(O)(O)C(O)Cn1cccn1.O=[P+](O)O. The zero-order chi connectivity index (χ0) is 12.8. The van der Waals surface area contributed by atoms with Gasteiger partial charge in [-0.15, -0.1) is 9.79 Å². The number of hydrogen-bond donors (Lipinski definition) is 5. The van der Waals surface area contributed by atoms with Crippen molar-refractivity contribution in [3.05, 3.63) is 18.5 Å². The minimum atomic E-state index is -4.40. The van der Waals surface area contributed by atoms with E-state index in [-0.39, 0.29) is 17.5 Å². The normalized spacial score (nSPS) is 11.2. The first-order chi connectivity index (χ1) is 7.23. The molecule has 1 atom stereocenters. The summed E-state index contributed by atoms with van der Waals surface area (Å²) in [7, 11) is -7.27. The quantitative estimate of drug-likeness (QED) is 0.370. The van der Waals surface area contributed by atoms with Gasteiger partial charge in [-0.1, -0.05) is 0 Å². The average molecular weight is 309 g/mol. The fraction of sp³-hybridized carbons (Fsp3) is 0.400. The first-order valence-corrected chi connectivity index (χ1v) is 6.64. The summed E-state index contributed by atoms with van der Waals surface area (Å²) in [5, 5.41) is 12.6. The Balaban J connectivity index is -0.000000332. The first kappa shape index (κ1) is 22.4. The molecule has 0 aromatic carbocycles. The van der Waals surface area contributed by atoms with Crippen LogP contribution in [-0.2, 0) is 15.7 Å². The molecule has 0 spiro atoms. The van der Waals surface area contributed by atoms with Crippen LogP contribution < -0.4 is 0 Å². The monoisotopic (exact) mass is 309 g/mol. The van der Waals surface area contributed by atoms with Crippen molar-refractivity contribution in [2.24, 2.45) is 0 Å². The standard InChI is InChI=1S/C5H9N2O4P.HO3P.2H2O/c8-5(12(9,10)11)4-7-3-1-2-6-7;1-4(2)3;;/h1-3,5,8H,4H2,(H2,9,10,11);(H-,1,2,3);2*1H2/p+1. The van der Waals surface area contributed by atoms with Crippen molar-refractivity contribution in [2.45, 2.75) is 12.4 Å². The van der Waals surface area contributed by atoms with E-state index in [0.29, 0.717) is 0 Å². The van der Waals surface area contributed by atoms with Crippen LogP contribution in [0.15, 0.2) is 18.5 Å². The number of hydrogen-bond acceptors (Lipinski definition) is 4. The number of rotatable bonds is 3. The third-order valence-electron chi connectivity index (χ3n) is 1.30. The molecule has 9 N–H and O–H groups in total. The second kappa shape index (κ2) is 10.2. The molecule has 1 aromatic heterocycles. The maximum absolute atomic E-state index is 10.5. The van der Waals surface area contributed by atoms with E-state index < -0.39 is 21.7 Å². The molecule has 18 heavy (non-hydrogen) atoms. The number of aromatic nitrogens is 2. The highest BCUT2D eigenvalue weighted by Crippen LogP contribution is 2.39. The van der Waals surface area contributed by atoms with Crippen LogP contribution in [0.25, 0.3) is 0 Å². The van der Waals surface area contributed by atoms with Gasteiger partial charge in [0, 0.05) is 17.0 Å². The van der Waals surface area contributed by atoms with Gasteiger partial charge in [0.2, 0.25) is 0 Å². The number of aliphatic hydroxyl groups excluding tert-OH is 1. The van der Waals surface area contributed by atoms with Crippen molar-refractivity contribution in [3.8, 4) is 0 Å². The van der Waals surface area contributed by atoms with Crippen LogP contribution in [0.2, 0.25) is 0 Å². The van der Waals surface area contributed by atoms with Gasteiger partial charge in [0.15, 0.2) is 5.85 Å². The molecule has 0 aliphatic heterocycles. The predicted molar refractivity (Wildman–Crippen MR) is 59.5 cm³/mol. The van der Waals surface area contributed by atoms with Crippen LogP contribution in [-0.4, -0.2) is 51.3 Å². The van der Waals surface area contributed by atoms with E-state index in [0.717, 1.165) is 0 Å². The molecule has 11 nitrogen and oxygen atoms in total. The highest BCUT2D eigenvalue weighted by Gasteiger charge is 2.26. The smallest absolute Gasteiger partial charge is 0.412 e. The van der Waals surface area contributed by atoms with Crippen molar-refractivity contribution < 1.29 is 44.8 Å². The molecule has 13 heteroatoms. The fourth-order valence-electron chi connectivity index (χ4n) is 0.682. The third-order valence-corrected chi connectivity index (χ3v) is 2.24. The van der Waals surface area contributed by atoms with Gasteiger partial charge >= 0.3 is 15.9 Å². The zero-order valence-corrected chi connectivity index (χ0v) is 10.6. The lowest BCUT2D eigenvalue weighted by atomic mass is 10.7. The molecule has 0 fully saturated rings. The van der Waals surface area contributed by atoms with Crippen molar-refractivity contribution in [1.29, 1.82) is 0 Å². The van der Waals surface area contributed by atoms with E-state index in [1.54, 1.807) is 6.07 Å². The van der Waals surface area contributed by atoms with Gasteiger partial charge in [0.05, 0.1) is 6.54 Å². The lowest BCUT2D eigenvalue weighted by molar-refractivity contribution is 0.180. The minimum absolute atomic E-state index is 0. The van der Waals surface area contributed by atoms with Gasteiger partial charge in [-0.2, -0.15) is 5.10 Å². The molecule has 0 aliphatic carbocycles. The zero-order valence-electron chi connectivity index (χ0n) is 8.86. The molecular weight excluding hydrogens is 294 g/mol. The highest BCUT2D eigenvalue weighted by molar-refractivity contribution is 7.52. The molecule has 0 amide bonds. The first-order valence-electron chi connectivity index (χ1n) is 3.79. The highest BCUT2D eigenvalue weighted by atomic mass is 31.2. The summed E-state index contributed by atoms with van der Waals surface area (Å²) in [6, 6.07) is 1.60. The summed E-state index contributed by atoms with van der Waals surface area (Å²) < 4.78 is 20.4. The molecule has 108 valence electrons. The maximum Gasteiger partial charge on any atom is 0.692 e. The summed E-state index contributed by atoms with van der Waals surface area (Å²) in [6.45, 7) is -0.197. The Labute approximate surface area is 102 Å². The molecule has 0 saturated heterocycles. The number of aliphatic hydroxyl groups is 1. The van der Waals surface area contributed by atoms with Crippen LogP contribution in [0, 0.1) is 0 Å². The molecule has 1 rings (SSSR count). The molecule has 0 saturated carbocycles. The van der Waals surface area contributed by atoms with Gasteiger partial charge in [-0.25, -0.2) is 0 Å². The predicted octanol–water partition coefficient (Wildman–Crippen LogP) is -2.64. The van der Waals surface area contributed by atoms with Crippen LogP contribution in [0.3, 0.4) is 0 Å². The van der Waals surface area contributed by atoms with Gasteiger partial charge in [-0.3, -0.25) is 9.25 Å². The van der Waals surface area contributed by atoms with E-state index in [2.05, 4.69) is 5.10 Å². The van der Waals surface area contributed by atoms with E-state index >= 15 is 0 Å². The lowest BCUT2D eigenvalue weighted by Gasteiger charge is -2.11. The summed E-state index contributed by atoms with van der Waals surface area (Å²) in [5.41, 5.74) is 0. The van der Waals surface area contributed by atoms with Crippen LogP contribution >= 0.6 is 15.9 Å². The maximum atomic E-state index is 10.5. The summed E-state index contributed by atoms with van der Waals surface area (Å²) in [4.78, 5) is 31.3. The molecule has 1 unspecified atom stereocenters. The van der Waals surface area contributed by atoms with Crippen LogP contribution in [0.5, 0.6) is 0 Å². The minimum Gasteiger partial charge on any atom is -0.412 e. The topological polar surface area (TPSA) is 216 Å². The van der Waals surface area contributed by atoms with Gasteiger partial charge in [0.25, 0.3) is 0 Å². The average Bonchev–Trinajstić information content (AvgIpc) is 2.53. The largest absolute Gasteiger partial charge is 0.692 e. The Morgan fingerprint density at radius 3 is 2.06 bits per heavy atom. The van der Waals surface area contributed by atoms with E-state index in [1.165, 1.54) is 17.1 Å². The molecular formula is C5H15N2O9P2+. The Hall–Kier alpha value is -0.740. The Kier molecular flexibility index (Phi) is 12.7. The van der Waals surface area contributed by atoms with Gasteiger partial charge in [-0.05, 0) is 6.07 Å². The van der Waals surface area contributed by atoms with Gasteiger partial charge in [0.1, 0.15) is 0 Å². The summed E-state index contributed by atoms with van der Waals surface area (Å²) in [6.07, 6.45) is 2.98. The second-order valence-corrected chi connectivity index (χ2v) is 4.83. The molecule has 0 aliphatic rings. The molecule has 1 heterocycles. The number of nitrogens with zero attached hydrogens (tertiary/aromatic N) is 2. The van der Waals surface area contributed by atoms with Gasteiger partial charge < -0.3 is 25.8 Å². The van der Waals surface area contributed by atoms with E-state index in [9.17, 15) is 4.57 Å². The fourth-order valence-corrected chi connectivity index (χ4v) is 1.06. The van der Waals surface area contributed by atoms with Crippen molar-refractivity contribution in [2.75, 3.05) is 0 Å². The molecule has 0 radical (unpaired) electrons. The van der Waals surface area contributed by atoms with E-state index in [1.807, 2.05) is 0 Å². The van der Waals surface area contributed by atoms with Crippen molar-refractivity contribution >= 4 is 15.9 Å². The summed E-state index contributed by atoms with van der Waals surface area (Å²) in [5.74, 6) is -1.68. The van der Waals surface area contributed by atoms with Crippen molar-refractivity contribution in [1.82, 2.24) is 9.78 Å². The summed E-state index contributed by atoms with van der Waals surface area (Å²) >= 11 is 0. The van der Waals surface area contributed by atoms with Crippen LogP contribution in [0.1, 0.15) is 0 Å². The Bertz CT molecular complexity index is 359. The van der Waals surface area contributed by atoms with Crippen molar-refractivity contribution in [3.63, 3.8) is 0 Å². The lowest BCUT2D eigenvalue weighted by Crippen LogP contribution is -2.16. The molecule has 0 bridgehead atoms. The Morgan fingerprint density at radius 1 is 1.33 bits per heavy atom. The third kappa shape index (κ3) is 11.7. The molecule has 1 aromatic rings. The second-order valence-electron chi connectivity index (χ2n) is 2.55. The Morgan fingerprint density at radius 2 is 1.78 bits per heavy atom. The van der Waals surface area contributed by atoms with E-state index in [4.69, 9.17) is 29.2 Å².